The Morgan fingerprint density at radius 3 is 1.86 bits per heavy atom. The second kappa shape index (κ2) is 4.83. The molecule has 0 spiro atoms. The van der Waals surface area contributed by atoms with Gasteiger partial charge in [0.05, 0.1) is 0 Å². The van der Waals surface area contributed by atoms with Crippen molar-refractivity contribution in [1.82, 2.24) is 0 Å². The van der Waals surface area contributed by atoms with E-state index in [1.165, 1.54) is 14.8 Å². The Morgan fingerprint density at radius 1 is 0.714 bits per heavy atom. The second-order valence-electron chi connectivity index (χ2n) is 3.20. The van der Waals surface area contributed by atoms with E-state index in [9.17, 15) is 0 Å². The van der Waals surface area contributed by atoms with Crippen LogP contribution in [0.2, 0.25) is 0 Å². The molecule has 0 saturated carbocycles. The van der Waals surface area contributed by atoms with Gasteiger partial charge in [0.1, 0.15) is 0 Å². The third-order valence-corrected chi connectivity index (χ3v) is 3.92. The average molecular weight is 213 g/mol. The highest BCUT2D eigenvalue weighted by Gasteiger charge is 1.97. The maximum Gasteiger partial charge on any atom is 0.538 e. The van der Waals surface area contributed by atoms with Gasteiger partial charge in [-0.3, -0.25) is 0 Å². The molecule has 66 valence electrons. The molecule has 2 aromatic rings. The molecular weight excluding hydrogens is 204 g/mol. The maximum absolute atomic E-state index is 5.86. The topological polar surface area (TPSA) is 0 Å². The van der Waals surface area contributed by atoms with E-state index in [0.717, 1.165) is 0 Å². The van der Waals surface area contributed by atoms with Gasteiger partial charge in [-0.1, -0.05) is 54.6 Å². The third kappa shape index (κ3) is 2.29. The zero-order valence-electron chi connectivity index (χ0n) is 7.78. The number of rotatable bonds is 2. The van der Waals surface area contributed by atoms with Crippen LogP contribution in [0.5, 0.6) is 0 Å². The fraction of sp³-hybridized carbons (Fsp3) is 0. The lowest BCUT2D eigenvalue weighted by molar-refractivity contribution is 1.64. The first kappa shape index (κ1) is 10.0. The van der Waals surface area contributed by atoms with Crippen molar-refractivity contribution in [3.63, 3.8) is 0 Å². The first-order chi connectivity index (χ1) is 6.90. The number of hydrogen-bond acceptors (Lipinski definition) is 0. The summed E-state index contributed by atoms with van der Waals surface area (Å²) in [6.07, 6.45) is 0. The van der Waals surface area contributed by atoms with Crippen molar-refractivity contribution in [2.24, 2.45) is 0 Å². The quantitative estimate of drug-likeness (QED) is 0.672. The molecule has 0 atom stereocenters. The Kier molecular flexibility index (Phi) is 3.46. The molecule has 2 heteroatoms. The van der Waals surface area contributed by atoms with Crippen molar-refractivity contribution in [2.45, 2.75) is 0 Å². The molecule has 0 heterocycles. The zero-order chi connectivity index (χ0) is 9.80. The van der Waals surface area contributed by atoms with Crippen LogP contribution in [0, 0.1) is 0 Å². The SMILES string of the molecule is [Cl][Mg][c]1ccc(-c2ccccc2)cc1. The van der Waals surface area contributed by atoms with Gasteiger partial charge in [0.15, 0.2) is 0 Å². The minimum atomic E-state index is -0.532. The lowest BCUT2D eigenvalue weighted by Gasteiger charge is -2.01. The summed E-state index contributed by atoms with van der Waals surface area (Å²) < 4.78 is 1.30. The molecule has 0 unspecified atom stereocenters. The van der Waals surface area contributed by atoms with E-state index < -0.39 is 19.3 Å². The number of hydrogen-bond donors (Lipinski definition) is 0. The summed E-state index contributed by atoms with van der Waals surface area (Å²) >= 11 is -0.532. The molecule has 0 radical (unpaired) electrons. The molecule has 0 fully saturated rings. The van der Waals surface area contributed by atoms with E-state index in [1.807, 2.05) is 6.07 Å². The van der Waals surface area contributed by atoms with Crippen LogP contribution in [0.25, 0.3) is 11.1 Å². The Labute approximate surface area is 97.4 Å². The van der Waals surface area contributed by atoms with E-state index in [1.54, 1.807) is 0 Å². The van der Waals surface area contributed by atoms with E-state index in [0.29, 0.717) is 0 Å². The monoisotopic (exact) mass is 212 g/mol. The smallest absolute Gasteiger partial charge is 0.336 e. The molecule has 0 bridgehead atoms. The third-order valence-electron chi connectivity index (χ3n) is 2.22. The minimum absolute atomic E-state index is 0.532. The van der Waals surface area contributed by atoms with Crippen LogP contribution in [-0.4, -0.2) is 19.3 Å². The first-order valence-corrected chi connectivity index (χ1v) is 7.45. The fourth-order valence-electron chi connectivity index (χ4n) is 1.42. The van der Waals surface area contributed by atoms with E-state index >= 15 is 0 Å². The van der Waals surface area contributed by atoms with Gasteiger partial charge < -0.3 is 9.07 Å². The Hall–Kier alpha value is -0.504. The molecule has 0 aliphatic heterocycles. The highest BCUT2D eigenvalue weighted by atomic mass is 35.5. The van der Waals surface area contributed by atoms with Crippen molar-refractivity contribution in [3.05, 3.63) is 54.6 Å². The van der Waals surface area contributed by atoms with Gasteiger partial charge in [-0.25, -0.2) is 0 Å². The second-order valence-corrected chi connectivity index (χ2v) is 5.08. The van der Waals surface area contributed by atoms with Crippen LogP contribution in [-0.2, 0) is 0 Å². The first-order valence-electron chi connectivity index (χ1n) is 4.60. The largest absolute Gasteiger partial charge is 0.538 e. The van der Waals surface area contributed by atoms with Crippen molar-refractivity contribution in [3.8, 4) is 11.1 Å². The van der Waals surface area contributed by atoms with Gasteiger partial charge in [0, 0.05) is 0 Å². The summed E-state index contributed by atoms with van der Waals surface area (Å²) in [5.41, 5.74) is 2.52. The van der Waals surface area contributed by atoms with Gasteiger partial charge in [0.2, 0.25) is 0 Å². The zero-order valence-corrected chi connectivity index (χ0v) is 9.95. The van der Waals surface area contributed by atoms with Crippen LogP contribution in [0.3, 0.4) is 0 Å². The highest BCUT2D eigenvalue weighted by molar-refractivity contribution is 7.01. The summed E-state index contributed by atoms with van der Waals surface area (Å²) in [5, 5.41) is 0. The van der Waals surface area contributed by atoms with E-state index in [-0.39, 0.29) is 0 Å². The molecule has 0 amide bonds. The van der Waals surface area contributed by atoms with Crippen LogP contribution >= 0.6 is 9.07 Å². The summed E-state index contributed by atoms with van der Waals surface area (Å²) in [6.45, 7) is 0. The summed E-state index contributed by atoms with van der Waals surface area (Å²) in [6, 6.07) is 18.9. The van der Waals surface area contributed by atoms with Gasteiger partial charge in [-0.05, 0) is 11.1 Å². The molecule has 0 nitrogen and oxygen atoms in total. The predicted molar refractivity (Wildman–Crippen MR) is 63.1 cm³/mol. The van der Waals surface area contributed by atoms with Crippen LogP contribution in [0.1, 0.15) is 0 Å². The maximum atomic E-state index is 5.86. The molecule has 0 saturated heterocycles. The molecule has 2 rings (SSSR count). The van der Waals surface area contributed by atoms with Gasteiger partial charge in [-0.2, -0.15) is 0 Å². The van der Waals surface area contributed by atoms with E-state index in [4.69, 9.17) is 9.07 Å². The van der Waals surface area contributed by atoms with Gasteiger partial charge in [-0.15, -0.1) is 3.69 Å². The van der Waals surface area contributed by atoms with Crippen LogP contribution < -0.4 is 3.69 Å². The number of halogens is 1. The van der Waals surface area contributed by atoms with Crippen molar-refractivity contribution in [2.75, 3.05) is 0 Å². The lowest BCUT2D eigenvalue weighted by atomic mass is 10.1. The van der Waals surface area contributed by atoms with Crippen molar-refractivity contribution >= 4 is 32.0 Å². The molecule has 0 aromatic heterocycles. The van der Waals surface area contributed by atoms with Crippen molar-refractivity contribution < 1.29 is 0 Å². The predicted octanol–water partition coefficient (Wildman–Crippen LogP) is 2.84. The molecule has 0 aliphatic carbocycles. The van der Waals surface area contributed by atoms with Crippen LogP contribution in [0.4, 0.5) is 0 Å². The fourth-order valence-corrected chi connectivity index (χ4v) is 2.37. The molecule has 14 heavy (non-hydrogen) atoms. The lowest BCUT2D eigenvalue weighted by Crippen LogP contribution is -2.06. The molecule has 0 aliphatic rings. The van der Waals surface area contributed by atoms with Gasteiger partial charge >= 0.3 is 19.3 Å². The Bertz CT molecular complexity index is 394. The standard InChI is InChI=1S/C12H9.ClH.Mg/c1-3-7-11(8-4-1)12-9-5-2-6-10-12;;/h1,3-10H;1H;/q;;+1/p-1. The summed E-state index contributed by atoms with van der Waals surface area (Å²) in [7, 11) is 5.86. The Morgan fingerprint density at radius 2 is 1.29 bits per heavy atom. The Balaban J connectivity index is 2.34. The van der Waals surface area contributed by atoms with E-state index in [2.05, 4.69) is 48.5 Å². The highest BCUT2D eigenvalue weighted by Crippen LogP contribution is 2.16. The molecule has 0 N–H and O–H groups in total. The van der Waals surface area contributed by atoms with Crippen LogP contribution in [0.15, 0.2) is 54.6 Å². The van der Waals surface area contributed by atoms with Gasteiger partial charge in [0.25, 0.3) is 0 Å². The summed E-state index contributed by atoms with van der Waals surface area (Å²) in [5.74, 6) is 0. The molecular formula is C12H9ClMg. The summed E-state index contributed by atoms with van der Waals surface area (Å²) in [4.78, 5) is 0. The van der Waals surface area contributed by atoms with Crippen molar-refractivity contribution in [1.29, 1.82) is 0 Å². The normalized spacial score (nSPS) is 9.50. The number of benzene rings is 2. The minimum Gasteiger partial charge on any atom is -0.336 e. The average Bonchev–Trinajstić information content (AvgIpc) is 2.30. The molecule has 2 aromatic carbocycles.